The Labute approximate surface area is 384 Å². The van der Waals surface area contributed by atoms with Crippen molar-refractivity contribution < 1.29 is 4.42 Å². The van der Waals surface area contributed by atoms with Crippen molar-refractivity contribution >= 4 is 53.4 Å². The van der Waals surface area contributed by atoms with Crippen molar-refractivity contribution in [3.05, 3.63) is 221 Å². The number of nitrogens with zero attached hydrogens (tertiary/aromatic N) is 6. The summed E-state index contributed by atoms with van der Waals surface area (Å²) < 4.78 is 9.49. The smallest absolute Gasteiger partial charge is 0.143 e. The van der Waals surface area contributed by atoms with Crippen LogP contribution in [0.25, 0.3) is 120 Å². The van der Waals surface area contributed by atoms with Gasteiger partial charge in [0.25, 0.3) is 0 Å². The molecule has 0 saturated carbocycles. The van der Waals surface area contributed by atoms with Crippen LogP contribution in [-0.2, 0) is 0 Å². The molecule has 0 spiro atoms. The number of rotatable bonds is 8. The zero-order chi connectivity index (χ0) is 44.4. The van der Waals surface area contributed by atoms with Gasteiger partial charge in [-0.05, 0) is 177 Å². The molecule has 7 nitrogen and oxygen atoms in total. The van der Waals surface area contributed by atoms with Crippen LogP contribution in [0.15, 0.2) is 225 Å². The minimum absolute atomic E-state index is 0.817. The molecular formula is C58H38N6OS. The SMILES string of the molecule is C=CC=C.c1cc(-c2cc(-c3ccncc3)c3oc4c(-c5ccncc5)cc(-c5cc(-c6ccncc6)c6sc7c(-c8ccncc8)cc(-c8ccncc8)cc7c6c5)cc4c3c2)ccn1. The summed E-state index contributed by atoms with van der Waals surface area (Å²) in [5.74, 6) is 0. The van der Waals surface area contributed by atoms with Gasteiger partial charge in [-0.25, -0.2) is 0 Å². The third-order valence-corrected chi connectivity index (χ3v) is 13.1. The first-order valence-electron chi connectivity index (χ1n) is 21.4. The monoisotopic (exact) mass is 866 g/mol. The third kappa shape index (κ3) is 7.41. The van der Waals surface area contributed by atoms with E-state index >= 15 is 0 Å². The van der Waals surface area contributed by atoms with Crippen molar-refractivity contribution in [2.45, 2.75) is 0 Å². The summed E-state index contributed by atoms with van der Waals surface area (Å²) >= 11 is 1.83. The van der Waals surface area contributed by atoms with Gasteiger partial charge in [-0.15, -0.1) is 11.3 Å². The first-order chi connectivity index (χ1) is 32.6. The minimum Gasteiger partial charge on any atom is -0.455 e. The molecule has 66 heavy (non-hydrogen) atoms. The quantitative estimate of drug-likeness (QED) is 0.141. The third-order valence-electron chi connectivity index (χ3n) is 11.8. The first kappa shape index (κ1) is 40.1. The Hall–Kier alpha value is -8.72. The summed E-state index contributed by atoms with van der Waals surface area (Å²) in [5.41, 5.74) is 16.8. The van der Waals surface area contributed by atoms with E-state index in [2.05, 4.69) is 152 Å². The van der Waals surface area contributed by atoms with E-state index in [4.69, 9.17) is 4.42 Å². The van der Waals surface area contributed by atoms with Crippen molar-refractivity contribution in [3.63, 3.8) is 0 Å². The summed E-state index contributed by atoms with van der Waals surface area (Å²) in [4.78, 5) is 26.1. The highest BCUT2D eigenvalue weighted by atomic mass is 32.1. The van der Waals surface area contributed by atoms with Crippen LogP contribution in [0.4, 0.5) is 0 Å². The fourth-order valence-electron chi connectivity index (χ4n) is 8.70. The molecule has 8 heteroatoms. The van der Waals surface area contributed by atoms with Gasteiger partial charge in [0, 0.05) is 128 Å². The average molecular weight is 867 g/mol. The maximum absolute atomic E-state index is 7.06. The number of pyridine rings is 6. The van der Waals surface area contributed by atoms with Gasteiger partial charge in [-0.1, -0.05) is 25.3 Å². The molecule has 0 unspecified atom stereocenters. The second-order valence-corrected chi connectivity index (χ2v) is 16.7. The summed E-state index contributed by atoms with van der Waals surface area (Å²) in [7, 11) is 0. The Kier molecular flexibility index (Phi) is 10.6. The lowest BCUT2D eigenvalue weighted by atomic mass is 9.91. The van der Waals surface area contributed by atoms with Gasteiger partial charge in [0.2, 0.25) is 0 Å². The normalized spacial score (nSPS) is 11.2. The second-order valence-electron chi connectivity index (χ2n) is 15.7. The zero-order valence-corrected chi connectivity index (χ0v) is 36.4. The van der Waals surface area contributed by atoms with Gasteiger partial charge in [0.05, 0.1) is 0 Å². The van der Waals surface area contributed by atoms with E-state index in [1.165, 1.54) is 25.7 Å². The van der Waals surface area contributed by atoms with E-state index in [1.807, 2.05) is 97.8 Å². The second kappa shape index (κ2) is 17.4. The van der Waals surface area contributed by atoms with Crippen LogP contribution >= 0.6 is 11.3 Å². The molecule has 0 bridgehead atoms. The van der Waals surface area contributed by atoms with Crippen LogP contribution in [0.1, 0.15) is 0 Å². The number of allylic oxidation sites excluding steroid dienone is 2. The highest BCUT2D eigenvalue weighted by molar-refractivity contribution is 7.27. The van der Waals surface area contributed by atoms with Gasteiger partial charge >= 0.3 is 0 Å². The predicted octanol–water partition coefficient (Wildman–Crippen LogP) is 15.4. The molecule has 0 atom stereocenters. The van der Waals surface area contributed by atoms with E-state index in [0.717, 1.165) is 94.3 Å². The summed E-state index contributed by atoms with van der Waals surface area (Å²) in [6.07, 6.45) is 25.5. The Morgan fingerprint density at radius 3 is 0.879 bits per heavy atom. The lowest BCUT2D eigenvalue weighted by Gasteiger charge is -2.12. The Balaban J connectivity index is 0.00000116. The number of benzene rings is 4. The first-order valence-corrected chi connectivity index (χ1v) is 22.2. The number of furan rings is 1. The summed E-state index contributed by atoms with van der Waals surface area (Å²) in [6.45, 7) is 6.72. The largest absolute Gasteiger partial charge is 0.455 e. The van der Waals surface area contributed by atoms with E-state index in [1.54, 1.807) is 12.2 Å². The van der Waals surface area contributed by atoms with Crippen LogP contribution in [0.2, 0.25) is 0 Å². The van der Waals surface area contributed by atoms with E-state index < -0.39 is 0 Å². The Morgan fingerprint density at radius 1 is 0.303 bits per heavy atom. The standard InChI is InChI=1S/C54H32N6OS.C4H6/c1-13-55-14-2-33(1)39-25-43(35-5-17-57-18-6-35)51-47(29-39)48-30-41(26-44(52(48)61-51)36-7-19-58-20-8-36)42-28-46(38-11-23-60-24-12-38)54-50(32-42)49-31-40(34-3-15-56-16-4-34)27-45(53(49)62-54)37-9-21-59-22-10-37;1-3-4-2/h1-32H;3-4H,1-2H2. The van der Waals surface area contributed by atoms with E-state index in [9.17, 15) is 0 Å². The molecule has 0 aliphatic carbocycles. The minimum atomic E-state index is 0.817. The molecule has 8 heterocycles. The van der Waals surface area contributed by atoms with Gasteiger partial charge in [-0.3, -0.25) is 29.9 Å². The maximum Gasteiger partial charge on any atom is 0.143 e. The van der Waals surface area contributed by atoms with Crippen molar-refractivity contribution in [1.82, 2.24) is 29.9 Å². The summed E-state index contributed by atoms with van der Waals surface area (Å²) in [6, 6.07) is 43.2. The van der Waals surface area contributed by atoms with E-state index in [-0.39, 0.29) is 0 Å². The predicted molar refractivity (Wildman–Crippen MR) is 272 cm³/mol. The molecule has 0 fully saturated rings. The van der Waals surface area contributed by atoms with Crippen molar-refractivity contribution in [3.8, 4) is 77.9 Å². The zero-order valence-electron chi connectivity index (χ0n) is 35.5. The van der Waals surface area contributed by atoms with Crippen LogP contribution in [-0.4, -0.2) is 29.9 Å². The number of thiophene rings is 1. The number of hydrogen-bond donors (Lipinski definition) is 0. The number of hydrogen-bond acceptors (Lipinski definition) is 8. The Bertz CT molecular complexity index is 3460. The molecule has 0 aliphatic heterocycles. The fraction of sp³-hybridized carbons (Fsp3) is 0. The molecule has 0 amide bonds. The number of fused-ring (bicyclic) bond motifs is 6. The molecule has 312 valence electrons. The van der Waals surface area contributed by atoms with Crippen molar-refractivity contribution in [2.24, 2.45) is 0 Å². The lowest BCUT2D eigenvalue weighted by molar-refractivity contribution is 0.671. The van der Waals surface area contributed by atoms with Crippen molar-refractivity contribution in [1.29, 1.82) is 0 Å². The topological polar surface area (TPSA) is 90.5 Å². The molecular weight excluding hydrogens is 829 g/mol. The van der Waals surface area contributed by atoms with Gasteiger partial charge < -0.3 is 4.42 Å². The van der Waals surface area contributed by atoms with Crippen LogP contribution in [0.3, 0.4) is 0 Å². The lowest BCUT2D eigenvalue weighted by Crippen LogP contribution is -1.87. The average Bonchev–Trinajstić information content (AvgIpc) is 3.97. The molecule has 12 rings (SSSR count). The highest BCUT2D eigenvalue weighted by Gasteiger charge is 2.22. The molecule has 12 aromatic rings. The molecule has 0 N–H and O–H groups in total. The maximum atomic E-state index is 7.06. The number of aromatic nitrogens is 6. The van der Waals surface area contributed by atoms with Crippen molar-refractivity contribution in [2.75, 3.05) is 0 Å². The van der Waals surface area contributed by atoms with Gasteiger partial charge in [0.15, 0.2) is 0 Å². The van der Waals surface area contributed by atoms with E-state index in [0.29, 0.717) is 0 Å². The Morgan fingerprint density at radius 2 is 0.561 bits per heavy atom. The molecule has 0 radical (unpaired) electrons. The highest BCUT2D eigenvalue weighted by Crippen LogP contribution is 2.49. The molecule has 0 saturated heterocycles. The molecule has 4 aromatic carbocycles. The van der Waals surface area contributed by atoms with Crippen LogP contribution in [0, 0.1) is 0 Å². The van der Waals surface area contributed by atoms with Gasteiger partial charge in [0.1, 0.15) is 11.2 Å². The van der Waals surface area contributed by atoms with Crippen LogP contribution in [0.5, 0.6) is 0 Å². The fourth-order valence-corrected chi connectivity index (χ4v) is 10.0. The van der Waals surface area contributed by atoms with Crippen LogP contribution < -0.4 is 0 Å². The summed E-state index contributed by atoms with van der Waals surface area (Å²) in [5, 5.41) is 4.43. The molecule has 0 aliphatic rings. The molecule has 8 aromatic heterocycles. The van der Waals surface area contributed by atoms with Gasteiger partial charge in [-0.2, -0.15) is 0 Å².